The fourth-order valence-electron chi connectivity index (χ4n) is 1.38. The number of benzene rings is 2. The second kappa shape index (κ2) is 4.57. The molecule has 2 aromatic rings. The molecule has 0 aliphatic heterocycles. The van der Waals surface area contributed by atoms with Gasteiger partial charge in [-0.3, -0.25) is 4.79 Å². The van der Waals surface area contributed by atoms with Crippen molar-refractivity contribution in [3.8, 4) is 11.5 Å². The molecule has 4 nitrogen and oxygen atoms in total. The summed E-state index contributed by atoms with van der Waals surface area (Å²) in [6, 6.07) is 12.5. The Labute approximate surface area is 98.2 Å². The summed E-state index contributed by atoms with van der Waals surface area (Å²) in [6.45, 7) is 0. The Morgan fingerprint density at radius 1 is 1.00 bits per heavy atom. The molecule has 0 heterocycles. The zero-order valence-corrected chi connectivity index (χ0v) is 8.87. The third-order valence-electron chi connectivity index (χ3n) is 2.20. The summed E-state index contributed by atoms with van der Waals surface area (Å²) >= 11 is 0. The molecular formula is C13H10NO3. The van der Waals surface area contributed by atoms with Crippen LogP contribution in [-0.4, -0.2) is 16.1 Å². The molecular weight excluding hydrogens is 218 g/mol. The number of rotatable bonds is 2. The lowest BCUT2D eigenvalue weighted by Gasteiger charge is -2.04. The smallest absolute Gasteiger partial charge is 0.281 e. The second-order valence-electron chi connectivity index (χ2n) is 3.45. The van der Waals surface area contributed by atoms with Crippen LogP contribution in [0.2, 0.25) is 0 Å². The number of hydrogen-bond donors (Lipinski definition) is 2. The molecule has 0 saturated heterocycles. The first kappa shape index (κ1) is 11.0. The maximum absolute atomic E-state index is 11.7. The maximum Gasteiger partial charge on any atom is 0.281 e. The lowest BCUT2D eigenvalue weighted by molar-refractivity contribution is 0.0966. The average molecular weight is 228 g/mol. The van der Waals surface area contributed by atoms with E-state index in [1.54, 1.807) is 24.3 Å². The third-order valence-corrected chi connectivity index (χ3v) is 2.20. The van der Waals surface area contributed by atoms with Gasteiger partial charge in [0, 0.05) is 6.07 Å². The summed E-state index contributed by atoms with van der Waals surface area (Å²) in [5, 5.41) is 22.4. The van der Waals surface area contributed by atoms with Crippen molar-refractivity contribution in [2.24, 2.45) is 0 Å². The Hall–Kier alpha value is -2.49. The average Bonchev–Trinajstić information content (AvgIpc) is 2.30. The van der Waals surface area contributed by atoms with Gasteiger partial charge in [0.2, 0.25) is 0 Å². The van der Waals surface area contributed by atoms with Crippen LogP contribution >= 0.6 is 0 Å². The first-order valence-corrected chi connectivity index (χ1v) is 5.00. The summed E-state index contributed by atoms with van der Waals surface area (Å²) in [7, 11) is 0. The molecule has 17 heavy (non-hydrogen) atoms. The Kier molecular flexibility index (Phi) is 2.96. The number of carbonyl (C=O) groups is 1. The summed E-state index contributed by atoms with van der Waals surface area (Å²) < 4.78 is 0. The quantitative estimate of drug-likeness (QED) is 0.827. The predicted octanol–water partition coefficient (Wildman–Crippen LogP) is 2.17. The van der Waals surface area contributed by atoms with E-state index >= 15 is 0 Å². The summed E-state index contributed by atoms with van der Waals surface area (Å²) in [6.07, 6.45) is 0. The van der Waals surface area contributed by atoms with Crippen LogP contribution in [0, 0.1) is 0 Å². The summed E-state index contributed by atoms with van der Waals surface area (Å²) in [4.78, 5) is 11.7. The molecule has 0 aliphatic rings. The lowest BCUT2D eigenvalue weighted by atomic mass is 10.1. The molecule has 0 atom stereocenters. The van der Waals surface area contributed by atoms with Crippen molar-refractivity contribution in [1.29, 1.82) is 0 Å². The summed E-state index contributed by atoms with van der Waals surface area (Å²) in [5.41, 5.74) is 0.580. The SMILES string of the molecule is O=C([N]c1ccccc1)c1ccc(O)cc1O. The van der Waals surface area contributed by atoms with Crippen LogP contribution in [0.5, 0.6) is 11.5 Å². The van der Waals surface area contributed by atoms with E-state index < -0.39 is 5.91 Å². The van der Waals surface area contributed by atoms with Crippen molar-refractivity contribution in [2.75, 3.05) is 0 Å². The molecule has 2 aromatic carbocycles. The zero-order valence-electron chi connectivity index (χ0n) is 8.87. The van der Waals surface area contributed by atoms with E-state index in [0.717, 1.165) is 6.07 Å². The van der Waals surface area contributed by atoms with Gasteiger partial charge in [-0.05, 0) is 24.3 Å². The van der Waals surface area contributed by atoms with Crippen LogP contribution in [0.15, 0.2) is 48.5 Å². The molecule has 0 fully saturated rings. The molecule has 2 rings (SSSR count). The van der Waals surface area contributed by atoms with Crippen molar-refractivity contribution in [3.63, 3.8) is 0 Å². The molecule has 4 heteroatoms. The van der Waals surface area contributed by atoms with Gasteiger partial charge in [-0.2, -0.15) is 0 Å². The molecule has 1 amide bonds. The van der Waals surface area contributed by atoms with Gasteiger partial charge in [0.1, 0.15) is 11.5 Å². The predicted molar refractivity (Wildman–Crippen MR) is 62.3 cm³/mol. The van der Waals surface area contributed by atoms with Gasteiger partial charge in [0.15, 0.2) is 0 Å². The number of amides is 1. The van der Waals surface area contributed by atoms with Crippen LogP contribution in [0.3, 0.4) is 0 Å². The molecule has 2 N–H and O–H groups in total. The highest BCUT2D eigenvalue weighted by Gasteiger charge is 2.13. The van der Waals surface area contributed by atoms with Gasteiger partial charge < -0.3 is 10.2 Å². The fourth-order valence-corrected chi connectivity index (χ4v) is 1.38. The van der Waals surface area contributed by atoms with Crippen molar-refractivity contribution >= 4 is 11.6 Å². The van der Waals surface area contributed by atoms with Crippen molar-refractivity contribution in [1.82, 2.24) is 5.32 Å². The minimum atomic E-state index is -0.547. The topological polar surface area (TPSA) is 71.6 Å². The van der Waals surface area contributed by atoms with Gasteiger partial charge in [-0.1, -0.05) is 18.2 Å². The number of para-hydroxylation sites is 1. The van der Waals surface area contributed by atoms with E-state index in [2.05, 4.69) is 5.32 Å². The van der Waals surface area contributed by atoms with Crippen LogP contribution < -0.4 is 5.32 Å². The molecule has 85 valence electrons. The number of phenols is 2. The maximum atomic E-state index is 11.7. The molecule has 0 unspecified atom stereocenters. The van der Waals surface area contributed by atoms with E-state index in [1.807, 2.05) is 6.07 Å². The highest BCUT2D eigenvalue weighted by atomic mass is 16.3. The lowest BCUT2D eigenvalue weighted by Crippen LogP contribution is -2.10. The van der Waals surface area contributed by atoms with Crippen molar-refractivity contribution < 1.29 is 15.0 Å². The fraction of sp³-hybridized carbons (Fsp3) is 0. The monoisotopic (exact) mass is 228 g/mol. The zero-order chi connectivity index (χ0) is 12.3. The molecule has 0 bridgehead atoms. The number of nitrogens with zero attached hydrogens (tertiary/aromatic N) is 1. The molecule has 0 spiro atoms. The van der Waals surface area contributed by atoms with Crippen molar-refractivity contribution in [2.45, 2.75) is 0 Å². The Bertz CT molecular complexity index is 538. The highest BCUT2D eigenvalue weighted by Crippen LogP contribution is 2.23. The number of hydrogen-bond acceptors (Lipinski definition) is 3. The van der Waals surface area contributed by atoms with Crippen LogP contribution in [0.25, 0.3) is 0 Å². The Morgan fingerprint density at radius 2 is 1.71 bits per heavy atom. The first-order valence-electron chi connectivity index (χ1n) is 5.00. The highest BCUT2D eigenvalue weighted by molar-refractivity contribution is 5.99. The molecule has 1 radical (unpaired) electrons. The van der Waals surface area contributed by atoms with Crippen LogP contribution in [0.4, 0.5) is 5.69 Å². The van der Waals surface area contributed by atoms with Gasteiger partial charge in [-0.15, -0.1) is 0 Å². The Morgan fingerprint density at radius 3 is 2.35 bits per heavy atom. The van der Waals surface area contributed by atoms with E-state index in [4.69, 9.17) is 5.11 Å². The van der Waals surface area contributed by atoms with Crippen molar-refractivity contribution in [3.05, 3.63) is 54.1 Å². The molecule has 0 aliphatic carbocycles. The number of aromatic hydroxyl groups is 2. The van der Waals surface area contributed by atoms with E-state index in [0.29, 0.717) is 5.69 Å². The summed E-state index contributed by atoms with van der Waals surface area (Å²) in [5.74, 6) is -0.929. The normalized spacial score (nSPS) is 9.88. The first-order chi connectivity index (χ1) is 8.16. The molecule has 0 saturated carbocycles. The second-order valence-corrected chi connectivity index (χ2v) is 3.45. The minimum Gasteiger partial charge on any atom is -0.508 e. The van der Waals surface area contributed by atoms with Gasteiger partial charge >= 0.3 is 0 Å². The number of carbonyl (C=O) groups excluding carboxylic acids is 1. The molecule has 0 aromatic heterocycles. The largest absolute Gasteiger partial charge is 0.508 e. The standard InChI is InChI=1S/C13H10NO3/c15-10-6-7-11(12(16)8-10)13(17)14-9-4-2-1-3-5-9/h1-8,15-16H. The minimum absolute atomic E-state index is 0.0617. The van der Waals surface area contributed by atoms with Crippen LogP contribution in [-0.2, 0) is 0 Å². The third kappa shape index (κ3) is 2.55. The van der Waals surface area contributed by atoms with Gasteiger partial charge in [0.25, 0.3) is 5.91 Å². The van der Waals surface area contributed by atoms with E-state index in [9.17, 15) is 9.90 Å². The van der Waals surface area contributed by atoms with Gasteiger partial charge in [-0.25, -0.2) is 5.32 Å². The van der Waals surface area contributed by atoms with E-state index in [-0.39, 0.29) is 17.1 Å². The van der Waals surface area contributed by atoms with Crippen LogP contribution in [0.1, 0.15) is 10.4 Å². The van der Waals surface area contributed by atoms with E-state index in [1.165, 1.54) is 12.1 Å². The number of phenolic OH excluding ortho intramolecular Hbond substituents is 2. The van der Waals surface area contributed by atoms with Gasteiger partial charge in [0.05, 0.1) is 11.3 Å². The Balaban J connectivity index is 2.21.